The molecule has 0 aliphatic heterocycles. The molecule has 0 N–H and O–H groups in total. The average Bonchev–Trinajstić information content (AvgIpc) is 4.11. The first-order valence-electron chi connectivity index (χ1n) is 21.4. The summed E-state index contributed by atoms with van der Waals surface area (Å²) in [5, 5.41) is 8.60. The normalized spacial score (nSPS) is 12.1. The van der Waals surface area contributed by atoms with Gasteiger partial charge in [0.2, 0.25) is 5.95 Å². The van der Waals surface area contributed by atoms with Gasteiger partial charge in [0.15, 0.2) is 11.6 Å². The number of hydrogen-bond acceptors (Lipinski definition) is 5. The van der Waals surface area contributed by atoms with Gasteiger partial charge in [-0.15, -0.1) is 0 Å². The topological polar surface area (TPSA) is 74.8 Å². The third-order valence-corrected chi connectivity index (χ3v) is 12.8. The molecule has 5 aromatic heterocycles. The summed E-state index contributed by atoms with van der Waals surface area (Å²) in [5.41, 5.74) is 12.5. The summed E-state index contributed by atoms with van der Waals surface area (Å²) in [6, 6.07) is 69.6. The van der Waals surface area contributed by atoms with Crippen molar-refractivity contribution in [3.63, 3.8) is 0 Å². The van der Waals surface area contributed by atoms with E-state index in [2.05, 4.69) is 155 Å². The number of rotatable bonds is 5. The van der Waals surface area contributed by atoms with E-state index >= 15 is 0 Å². The van der Waals surface area contributed by atoms with Crippen molar-refractivity contribution in [1.82, 2.24) is 24.1 Å². The van der Waals surface area contributed by atoms with Gasteiger partial charge in [-0.25, -0.2) is 4.98 Å². The Labute approximate surface area is 364 Å². The third kappa shape index (κ3) is 5.06. The number of benzene rings is 9. The molecule has 0 saturated carbocycles. The lowest BCUT2D eigenvalue weighted by Gasteiger charge is -2.13. The van der Waals surface area contributed by atoms with Gasteiger partial charge in [-0.1, -0.05) is 146 Å². The first-order valence-corrected chi connectivity index (χ1v) is 21.4. The average molecular weight is 820 g/mol. The number of para-hydroxylation sites is 3. The Balaban J connectivity index is 1.08. The second-order valence-corrected chi connectivity index (χ2v) is 16.3. The predicted octanol–water partition coefficient (Wildman–Crippen LogP) is 14.9. The summed E-state index contributed by atoms with van der Waals surface area (Å²) >= 11 is 0. The number of fused-ring (bicyclic) bond motifs is 13. The SMILES string of the molecule is c1ccc(-c2ccc3c(c2)oc2ccc(-n4c5ccccc5c5ccc6c7ccccc7n(-c7nc(-c8ccccc8)nc(-c8cccc9oc%10ccccc%10c89)n7)c6c54)cc23)cc1. The number of hydrogen-bond donors (Lipinski definition) is 0. The van der Waals surface area contributed by atoms with Crippen LogP contribution in [0.4, 0.5) is 0 Å². The summed E-state index contributed by atoms with van der Waals surface area (Å²) in [5.74, 6) is 1.67. The number of nitrogens with zero attached hydrogens (tertiary/aromatic N) is 5. The Morgan fingerprint density at radius 1 is 0.328 bits per heavy atom. The van der Waals surface area contributed by atoms with Crippen molar-refractivity contribution >= 4 is 87.5 Å². The second-order valence-electron chi connectivity index (χ2n) is 16.3. The summed E-state index contributed by atoms with van der Waals surface area (Å²) in [6.07, 6.45) is 0. The molecule has 0 spiro atoms. The van der Waals surface area contributed by atoms with E-state index in [1.165, 1.54) is 0 Å². The summed E-state index contributed by atoms with van der Waals surface area (Å²) in [6.45, 7) is 0. The maximum absolute atomic E-state index is 6.55. The van der Waals surface area contributed by atoms with Gasteiger partial charge in [-0.3, -0.25) is 4.57 Å². The van der Waals surface area contributed by atoms with E-state index < -0.39 is 0 Å². The molecule has 64 heavy (non-hydrogen) atoms. The molecule has 14 rings (SSSR count). The molecule has 0 amide bonds. The van der Waals surface area contributed by atoms with Crippen LogP contribution in [-0.4, -0.2) is 24.1 Å². The van der Waals surface area contributed by atoms with Gasteiger partial charge in [-0.2, -0.15) is 9.97 Å². The lowest BCUT2D eigenvalue weighted by molar-refractivity contribution is 0.668. The Morgan fingerprint density at radius 3 is 1.70 bits per heavy atom. The van der Waals surface area contributed by atoms with E-state index in [4.69, 9.17) is 23.8 Å². The standard InChI is InChI=1S/C57H33N5O2/c1-3-14-34(15-4-1)36-26-28-40-45-33-37(27-31-49(45)64-51(40)32-36)61-46-22-10-7-18-38(46)41-29-30-42-39-19-8-11-23-47(39)62(54(42)53(41)61)57-59-55(35-16-5-2-6-17-35)58-56(60-57)44-21-13-25-50-52(44)43-20-9-12-24-48(43)63-50/h1-33H. The van der Waals surface area contributed by atoms with Gasteiger partial charge >= 0.3 is 0 Å². The molecule has 14 aromatic rings. The Kier molecular flexibility index (Phi) is 7.27. The minimum absolute atomic E-state index is 0.523. The summed E-state index contributed by atoms with van der Waals surface area (Å²) in [4.78, 5) is 16.0. The molecule has 0 aliphatic rings. The smallest absolute Gasteiger partial charge is 0.238 e. The fourth-order valence-corrected chi connectivity index (χ4v) is 9.95. The molecular formula is C57H33N5O2. The molecule has 7 heteroatoms. The first kappa shape index (κ1) is 34.9. The Bertz CT molecular complexity index is 4200. The van der Waals surface area contributed by atoms with Crippen LogP contribution in [-0.2, 0) is 0 Å². The van der Waals surface area contributed by atoms with Crippen LogP contribution in [0.5, 0.6) is 0 Å². The summed E-state index contributed by atoms with van der Waals surface area (Å²) in [7, 11) is 0. The fourth-order valence-electron chi connectivity index (χ4n) is 9.95. The van der Waals surface area contributed by atoms with E-state index in [1.807, 2.05) is 54.6 Å². The Hall–Kier alpha value is -8.81. The number of furan rings is 2. The van der Waals surface area contributed by atoms with Gasteiger partial charge in [0.1, 0.15) is 22.3 Å². The van der Waals surface area contributed by atoms with Crippen LogP contribution in [0.15, 0.2) is 209 Å². The van der Waals surface area contributed by atoms with E-state index in [0.29, 0.717) is 17.6 Å². The molecule has 298 valence electrons. The zero-order chi connectivity index (χ0) is 41.9. The zero-order valence-corrected chi connectivity index (χ0v) is 34.1. The molecule has 0 atom stereocenters. The van der Waals surface area contributed by atoms with Crippen molar-refractivity contribution in [2.75, 3.05) is 0 Å². The number of aromatic nitrogens is 5. The molecule has 5 heterocycles. The molecule has 0 unspecified atom stereocenters. The minimum Gasteiger partial charge on any atom is -0.456 e. The molecular weight excluding hydrogens is 787 g/mol. The zero-order valence-electron chi connectivity index (χ0n) is 34.1. The fraction of sp³-hybridized carbons (Fsp3) is 0. The van der Waals surface area contributed by atoms with Crippen LogP contribution in [0.3, 0.4) is 0 Å². The maximum atomic E-state index is 6.55. The molecule has 0 bridgehead atoms. The van der Waals surface area contributed by atoms with E-state index in [-0.39, 0.29) is 0 Å². The summed E-state index contributed by atoms with van der Waals surface area (Å²) < 4.78 is 17.6. The highest BCUT2D eigenvalue weighted by Gasteiger charge is 2.25. The molecule has 7 nitrogen and oxygen atoms in total. The van der Waals surface area contributed by atoms with Gasteiger partial charge in [0, 0.05) is 59.9 Å². The quantitative estimate of drug-likeness (QED) is 0.173. The largest absolute Gasteiger partial charge is 0.456 e. The van der Waals surface area contributed by atoms with Gasteiger partial charge < -0.3 is 13.4 Å². The van der Waals surface area contributed by atoms with Crippen molar-refractivity contribution in [3.05, 3.63) is 200 Å². The molecule has 0 radical (unpaired) electrons. The molecule has 9 aromatic carbocycles. The van der Waals surface area contributed by atoms with Gasteiger partial charge in [0.25, 0.3) is 0 Å². The van der Waals surface area contributed by atoms with Gasteiger partial charge in [0.05, 0.1) is 22.1 Å². The van der Waals surface area contributed by atoms with Gasteiger partial charge in [-0.05, 0) is 65.7 Å². The van der Waals surface area contributed by atoms with Crippen LogP contribution >= 0.6 is 0 Å². The molecule has 0 fully saturated rings. The van der Waals surface area contributed by atoms with Crippen molar-refractivity contribution in [2.24, 2.45) is 0 Å². The first-order chi connectivity index (χ1) is 31.7. The maximum Gasteiger partial charge on any atom is 0.238 e. The molecule has 0 saturated heterocycles. The monoisotopic (exact) mass is 819 g/mol. The van der Waals surface area contributed by atoms with E-state index in [1.54, 1.807) is 0 Å². The third-order valence-electron chi connectivity index (χ3n) is 12.8. The van der Waals surface area contributed by atoms with Crippen LogP contribution < -0.4 is 0 Å². The lowest BCUT2D eigenvalue weighted by Crippen LogP contribution is -2.07. The highest BCUT2D eigenvalue weighted by molar-refractivity contribution is 6.24. The lowest BCUT2D eigenvalue weighted by atomic mass is 10.0. The highest BCUT2D eigenvalue weighted by atomic mass is 16.3. The van der Waals surface area contributed by atoms with Crippen LogP contribution in [0, 0.1) is 0 Å². The predicted molar refractivity (Wildman–Crippen MR) is 259 cm³/mol. The van der Waals surface area contributed by atoms with Crippen molar-refractivity contribution in [2.45, 2.75) is 0 Å². The van der Waals surface area contributed by atoms with Crippen LogP contribution in [0.1, 0.15) is 0 Å². The van der Waals surface area contributed by atoms with Crippen LogP contribution in [0.2, 0.25) is 0 Å². The highest BCUT2D eigenvalue weighted by Crippen LogP contribution is 2.43. The van der Waals surface area contributed by atoms with Crippen molar-refractivity contribution < 1.29 is 8.83 Å². The van der Waals surface area contributed by atoms with E-state index in [0.717, 1.165) is 115 Å². The second kappa shape index (κ2) is 13.3. The Morgan fingerprint density at radius 2 is 0.922 bits per heavy atom. The molecule has 0 aliphatic carbocycles. The van der Waals surface area contributed by atoms with E-state index in [9.17, 15) is 0 Å². The van der Waals surface area contributed by atoms with Crippen molar-refractivity contribution in [1.29, 1.82) is 0 Å². The van der Waals surface area contributed by atoms with Crippen LogP contribution in [0.25, 0.3) is 133 Å². The van der Waals surface area contributed by atoms with Crippen molar-refractivity contribution in [3.8, 4) is 45.5 Å². The minimum atomic E-state index is 0.523.